The molecule has 0 fully saturated rings. The molecule has 0 spiro atoms. The molecule has 0 aliphatic carbocycles. The number of hydrogen-bond donors (Lipinski definition) is 0. The van der Waals surface area contributed by atoms with Crippen LogP contribution in [0.4, 0.5) is 11.4 Å². The Hall–Kier alpha value is -3.30. The molecule has 1 aromatic carbocycles. The van der Waals surface area contributed by atoms with Crippen molar-refractivity contribution in [2.24, 2.45) is 0 Å². The van der Waals surface area contributed by atoms with Crippen LogP contribution in [0.1, 0.15) is 23.2 Å². The molecule has 0 saturated carbocycles. The number of nitrogens with zero attached hydrogens (tertiary/aromatic N) is 4. The van der Waals surface area contributed by atoms with E-state index in [0.29, 0.717) is 5.82 Å². The van der Waals surface area contributed by atoms with Crippen molar-refractivity contribution in [2.75, 3.05) is 6.61 Å². The molecule has 0 amide bonds. The number of imidazole rings is 1. The summed E-state index contributed by atoms with van der Waals surface area (Å²) in [4.78, 5) is 36.2. The van der Waals surface area contributed by atoms with Crippen LogP contribution < -0.4 is 0 Å². The van der Waals surface area contributed by atoms with Crippen LogP contribution in [0.15, 0.2) is 24.4 Å². The third kappa shape index (κ3) is 3.15. The zero-order chi connectivity index (χ0) is 17.1. The molecule has 0 aliphatic rings. The summed E-state index contributed by atoms with van der Waals surface area (Å²) in [7, 11) is 0. The third-order valence-corrected chi connectivity index (χ3v) is 2.99. The number of carbonyl (C=O) groups is 1. The van der Waals surface area contributed by atoms with Crippen molar-refractivity contribution in [1.29, 1.82) is 0 Å². The zero-order valence-electron chi connectivity index (χ0n) is 12.3. The second kappa shape index (κ2) is 6.22. The molecule has 2 aromatic rings. The van der Waals surface area contributed by atoms with Crippen LogP contribution in [0.5, 0.6) is 0 Å². The summed E-state index contributed by atoms with van der Waals surface area (Å²) in [5, 5.41) is 21.9. The maximum atomic E-state index is 11.7. The predicted octanol–water partition coefficient (Wildman–Crippen LogP) is 2.17. The first-order chi connectivity index (χ1) is 10.8. The smallest absolute Gasteiger partial charge is 0.358 e. The first-order valence-corrected chi connectivity index (χ1v) is 6.51. The minimum atomic E-state index is -0.730. The molecular weight excluding hydrogens is 308 g/mol. The van der Waals surface area contributed by atoms with Crippen molar-refractivity contribution in [3.63, 3.8) is 0 Å². The Morgan fingerprint density at radius 1 is 1.30 bits per heavy atom. The van der Waals surface area contributed by atoms with Gasteiger partial charge in [-0.25, -0.2) is 9.78 Å². The number of ether oxygens (including phenoxy) is 1. The molecular formula is C13H12N4O6. The Kier molecular flexibility index (Phi) is 4.35. The number of carbonyl (C=O) groups excluding carboxylic acids is 1. The fraction of sp³-hybridized carbons (Fsp3) is 0.231. The van der Waals surface area contributed by atoms with E-state index >= 15 is 0 Å². The normalized spacial score (nSPS) is 10.3. The van der Waals surface area contributed by atoms with Crippen molar-refractivity contribution in [2.45, 2.75) is 13.8 Å². The summed E-state index contributed by atoms with van der Waals surface area (Å²) in [6.07, 6.45) is 1.29. The van der Waals surface area contributed by atoms with Crippen LogP contribution in [-0.4, -0.2) is 32.0 Å². The monoisotopic (exact) mass is 320 g/mol. The predicted molar refractivity (Wildman–Crippen MR) is 77.6 cm³/mol. The summed E-state index contributed by atoms with van der Waals surface area (Å²) in [5.74, 6) is -0.344. The highest BCUT2D eigenvalue weighted by Gasteiger charge is 2.23. The highest BCUT2D eigenvalue weighted by molar-refractivity contribution is 5.87. The molecule has 0 saturated heterocycles. The van der Waals surface area contributed by atoms with Gasteiger partial charge < -0.3 is 4.74 Å². The summed E-state index contributed by atoms with van der Waals surface area (Å²) >= 11 is 0. The van der Waals surface area contributed by atoms with Crippen LogP contribution in [0.25, 0.3) is 5.69 Å². The minimum Gasteiger partial charge on any atom is -0.461 e. The number of hydrogen-bond acceptors (Lipinski definition) is 7. The Morgan fingerprint density at radius 3 is 2.57 bits per heavy atom. The summed E-state index contributed by atoms with van der Waals surface area (Å²) in [5.41, 5.74) is -0.794. The van der Waals surface area contributed by atoms with Gasteiger partial charge in [-0.05, 0) is 19.9 Å². The van der Waals surface area contributed by atoms with Gasteiger partial charge in [0.1, 0.15) is 11.5 Å². The van der Waals surface area contributed by atoms with E-state index in [1.807, 2.05) is 0 Å². The van der Waals surface area contributed by atoms with Crippen LogP contribution in [0, 0.1) is 27.2 Å². The first kappa shape index (κ1) is 16.1. The molecule has 1 aromatic heterocycles. The fourth-order valence-electron chi connectivity index (χ4n) is 2.00. The van der Waals surface area contributed by atoms with E-state index in [1.54, 1.807) is 13.8 Å². The average molecular weight is 320 g/mol. The molecule has 120 valence electrons. The highest BCUT2D eigenvalue weighted by Crippen LogP contribution is 2.28. The van der Waals surface area contributed by atoms with E-state index in [-0.39, 0.29) is 18.0 Å². The standard InChI is InChI=1S/C13H12N4O6/c1-3-23-13(18)10-7-15(8(2)14-10)11-5-4-9(16(19)20)6-12(11)17(21)22/h4-7H,3H2,1-2H3. The maximum Gasteiger partial charge on any atom is 0.358 e. The molecule has 2 rings (SSSR count). The number of nitro benzene ring substituents is 2. The summed E-state index contributed by atoms with van der Waals surface area (Å²) < 4.78 is 6.14. The number of esters is 1. The lowest BCUT2D eigenvalue weighted by molar-refractivity contribution is -0.394. The van der Waals surface area contributed by atoms with E-state index in [0.717, 1.165) is 12.1 Å². The van der Waals surface area contributed by atoms with Crippen LogP contribution in [0.2, 0.25) is 0 Å². The zero-order valence-corrected chi connectivity index (χ0v) is 12.3. The van der Waals surface area contributed by atoms with Gasteiger partial charge in [-0.3, -0.25) is 24.8 Å². The molecule has 0 bridgehead atoms. The van der Waals surface area contributed by atoms with E-state index in [9.17, 15) is 25.0 Å². The molecule has 1 heterocycles. The van der Waals surface area contributed by atoms with Crippen LogP contribution >= 0.6 is 0 Å². The van der Waals surface area contributed by atoms with E-state index in [1.165, 1.54) is 16.8 Å². The van der Waals surface area contributed by atoms with Gasteiger partial charge in [-0.2, -0.15) is 0 Å². The average Bonchev–Trinajstić information content (AvgIpc) is 2.88. The van der Waals surface area contributed by atoms with Crippen molar-refractivity contribution in [3.8, 4) is 5.69 Å². The van der Waals surface area contributed by atoms with Crippen molar-refractivity contribution < 1.29 is 19.4 Å². The van der Waals surface area contributed by atoms with E-state index in [2.05, 4.69) is 4.98 Å². The third-order valence-electron chi connectivity index (χ3n) is 2.99. The van der Waals surface area contributed by atoms with Gasteiger partial charge in [-0.1, -0.05) is 0 Å². The van der Waals surface area contributed by atoms with Crippen molar-refractivity contribution >= 4 is 17.3 Å². The molecule has 0 N–H and O–H groups in total. The van der Waals surface area contributed by atoms with Crippen molar-refractivity contribution in [1.82, 2.24) is 9.55 Å². The summed E-state index contributed by atoms with van der Waals surface area (Å²) in [6, 6.07) is 3.24. The topological polar surface area (TPSA) is 130 Å². The van der Waals surface area contributed by atoms with Gasteiger partial charge in [-0.15, -0.1) is 0 Å². The molecule has 0 aliphatic heterocycles. The largest absolute Gasteiger partial charge is 0.461 e. The Labute approximate surface area is 129 Å². The quantitative estimate of drug-likeness (QED) is 0.468. The number of nitro groups is 2. The molecule has 0 unspecified atom stereocenters. The second-order valence-electron chi connectivity index (χ2n) is 4.45. The number of aromatic nitrogens is 2. The number of aryl methyl sites for hydroxylation is 1. The molecule has 23 heavy (non-hydrogen) atoms. The van der Waals surface area contributed by atoms with Gasteiger partial charge in [0, 0.05) is 12.3 Å². The summed E-state index contributed by atoms with van der Waals surface area (Å²) in [6.45, 7) is 3.36. The van der Waals surface area contributed by atoms with Gasteiger partial charge >= 0.3 is 5.97 Å². The van der Waals surface area contributed by atoms with Gasteiger partial charge in [0.15, 0.2) is 5.69 Å². The SMILES string of the molecule is CCOC(=O)c1cn(-c2ccc([N+](=O)[O-])cc2[N+](=O)[O-])c(C)n1. The highest BCUT2D eigenvalue weighted by atomic mass is 16.6. The van der Waals surface area contributed by atoms with Gasteiger partial charge in [0.05, 0.1) is 22.5 Å². The van der Waals surface area contributed by atoms with Crippen molar-refractivity contribution in [3.05, 3.63) is 56.1 Å². The van der Waals surface area contributed by atoms with Gasteiger partial charge in [0.2, 0.25) is 0 Å². The lowest BCUT2D eigenvalue weighted by Crippen LogP contribution is -2.05. The number of rotatable bonds is 5. The van der Waals surface area contributed by atoms with E-state index < -0.39 is 27.2 Å². The second-order valence-corrected chi connectivity index (χ2v) is 4.45. The number of non-ortho nitro benzene ring substituents is 1. The first-order valence-electron chi connectivity index (χ1n) is 6.51. The van der Waals surface area contributed by atoms with E-state index in [4.69, 9.17) is 4.74 Å². The molecule has 0 atom stereocenters. The van der Waals surface area contributed by atoms with Gasteiger partial charge in [0.25, 0.3) is 11.4 Å². The molecule has 10 heteroatoms. The fourth-order valence-corrected chi connectivity index (χ4v) is 2.00. The Morgan fingerprint density at radius 2 is 2.00 bits per heavy atom. The molecule has 10 nitrogen and oxygen atoms in total. The Bertz CT molecular complexity index is 798. The van der Waals surface area contributed by atoms with Crippen LogP contribution in [0.3, 0.4) is 0 Å². The maximum absolute atomic E-state index is 11.7. The lowest BCUT2D eigenvalue weighted by atomic mass is 10.2. The number of benzene rings is 1. The lowest BCUT2D eigenvalue weighted by Gasteiger charge is -2.05. The minimum absolute atomic E-state index is 0.00278. The molecule has 0 radical (unpaired) electrons. The Balaban J connectivity index is 2.56. The van der Waals surface area contributed by atoms with Crippen LogP contribution in [-0.2, 0) is 4.74 Å².